The number of hydrogen-bond donors (Lipinski definition) is 1. The lowest BCUT2D eigenvalue weighted by Crippen LogP contribution is -2.14. The molecule has 0 unspecified atom stereocenters. The molecule has 0 radical (unpaired) electrons. The molecule has 0 saturated carbocycles. The maximum absolute atomic E-state index is 12.7. The monoisotopic (exact) mass is 383 g/mol. The highest BCUT2D eigenvalue weighted by molar-refractivity contribution is 7.23. The van der Waals surface area contributed by atoms with Gasteiger partial charge in [0, 0.05) is 15.6 Å². The number of thiophene rings is 1. The molecular formula is C21H21NO4S. The van der Waals surface area contributed by atoms with E-state index in [0.29, 0.717) is 28.5 Å². The third-order valence-corrected chi connectivity index (χ3v) is 5.18. The van der Waals surface area contributed by atoms with Crippen LogP contribution in [0.4, 0.5) is 5.00 Å². The summed E-state index contributed by atoms with van der Waals surface area (Å²) >= 11 is 1.36. The number of carbonyl (C=O) groups excluding carboxylic acids is 2. The van der Waals surface area contributed by atoms with E-state index in [-0.39, 0.29) is 5.91 Å². The molecule has 0 aliphatic rings. The van der Waals surface area contributed by atoms with Crippen molar-refractivity contribution in [3.8, 4) is 5.75 Å². The second-order valence-electron chi connectivity index (χ2n) is 5.98. The number of amides is 1. The molecule has 0 fully saturated rings. The van der Waals surface area contributed by atoms with Crippen LogP contribution in [0.5, 0.6) is 5.75 Å². The van der Waals surface area contributed by atoms with E-state index in [4.69, 9.17) is 9.47 Å². The Morgan fingerprint density at radius 1 is 1.11 bits per heavy atom. The minimum absolute atomic E-state index is 0.303. The summed E-state index contributed by atoms with van der Waals surface area (Å²) in [6.45, 7) is 2.40. The van der Waals surface area contributed by atoms with Gasteiger partial charge in [0.05, 0.1) is 13.7 Å². The molecule has 140 valence electrons. The largest absolute Gasteiger partial charge is 0.497 e. The van der Waals surface area contributed by atoms with Gasteiger partial charge in [-0.1, -0.05) is 37.6 Å². The van der Waals surface area contributed by atoms with Crippen LogP contribution in [0.2, 0.25) is 0 Å². The van der Waals surface area contributed by atoms with Gasteiger partial charge >= 0.3 is 5.97 Å². The zero-order valence-electron chi connectivity index (χ0n) is 15.3. The lowest BCUT2D eigenvalue weighted by molar-refractivity contribution is 0.0503. The Labute approximate surface area is 161 Å². The highest BCUT2D eigenvalue weighted by Gasteiger charge is 2.22. The molecule has 1 amide bonds. The van der Waals surface area contributed by atoms with Crippen LogP contribution in [0.1, 0.15) is 40.5 Å². The van der Waals surface area contributed by atoms with Crippen LogP contribution in [0, 0.1) is 0 Å². The summed E-state index contributed by atoms with van der Waals surface area (Å²) in [5, 5.41) is 4.14. The molecule has 0 aliphatic carbocycles. The molecule has 0 aliphatic heterocycles. The summed E-state index contributed by atoms with van der Waals surface area (Å²) in [4.78, 5) is 25.3. The number of ether oxygens (including phenoxy) is 2. The first-order valence-electron chi connectivity index (χ1n) is 8.78. The summed E-state index contributed by atoms with van der Waals surface area (Å²) < 4.78 is 11.5. The molecule has 1 N–H and O–H groups in total. The summed E-state index contributed by atoms with van der Waals surface area (Å²) in [7, 11) is 1.55. The van der Waals surface area contributed by atoms with Gasteiger partial charge in [-0.3, -0.25) is 4.79 Å². The number of fused-ring (bicyclic) bond motifs is 1. The molecular weight excluding hydrogens is 362 g/mol. The molecule has 0 saturated heterocycles. The van der Waals surface area contributed by atoms with E-state index in [1.807, 2.05) is 31.2 Å². The van der Waals surface area contributed by atoms with Gasteiger partial charge in [0.25, 0.3) is 5.91 Å². The van der Waals surface area contributed by atoms with E-state index in [1.165, 1.54) is 11.3 Å². The van der Waals surface area contributed by atoms with Crippen LogP contribution >= 0.6 is 11.3 Å². The third-order valence-electron chi connectivity index (χ3n) is 4.09. The fraction of sp³-hybridized carbons (Fsp3) is 0.238. The van der Waals surface area contributed by atoms with Crippen LogP contribution in [0.25, 0.3) is 10.1 Å². The van der Waals surface area contributed by atoms with Crippen LogP contribution in [0.3, 0.4) is 0 Å². The Balaban J connectivity index is 1.92. The third kappa shape index (κ3) is 4.28. The molecule has 27 heavy (non-hydrogen) atoms. The van der Waals surface area contributed by atoms with Crippen molar-refractivity contribution in [2.45, 2.75) is 19.8 Å². The van der Waals surface area contributed by atoms with E-state index in [1.54, 1.807) is 31.4 Å². The number of unbranched alkanes of at least 4 members (excludes halogenated alkanes) is 1. The molecule has 6 heteroatoms. The minimum Gasteiger partial charge on any atom is -0.497 e. The van der Waals surface area contributed by atoms with Crippen molar-refractivity contribution >= 4 is 38.3 Å². The first-order valence-corrected chi connectivity index (χ1v) is 9.59. The quantitative estimate of drug-likeness (QED) is 0.454. The fourth-order valence-corrected chi connectivity index (χ4v) is 3.74. The summed E-state index contributed by atoms with van der Waals surface area (Å²) in [5.41, 5.74) is 0.861. The van der Waals surface area contributed by atoms with Crippen LogP contribution in [-0.4, -0.2) is 25.6 Å². The van der Waals surface area contributed by atoms with Gasteiger partial charge in [-0.2, -0.15) is 0 Å². The van der Waals surface area contributed by atoms with Crippen LogP contribution in [-0.2, 0) is 4.74 Å². The topological polar surface area (TPSA) is 64.6 Å². The summed E-state index contributed by atoms with van der Waals surface area (Å²) in [6, 6.07) is 14.4. The van der Waals surface area contributed by atoms with Crippen molar-refractivity contribution in [1.29, 1.82) is 0 Å². The number of benzene rings is 2. The van der Waals surface area contributed by atoms with Crippen LogP contribution in [0.15, 0.2) is 48.5 Å². The first kappa shape index (κ1) is 18.9. The van der Waals surface area contributed by atoms with Crippen LogP contribution < -0.4 is 10.1 Å². The van der Waals surface area contributed by atoms with Gasteiger partial charge < -0.3 is 14.8 Å². The summed E-state index contributed by atoms with van der Waals surface area (Å²) in [6.07, 6.45) is 1.75. The van der Waals surface area contributed by atoms with Crippen molar-refractivity contribution in [2.24, 2.45) is 0 Å². The second-order valence-corrected chi connectivity index (χ2v) is 7.03. The average Bonchev–Trinajstić information content (AvgIpc) is 3.06. The number of anilines is 1. The molecule has 2 aromatic carbocycles. The maximum atomic E-state index is 12.7. The van der Waals surface area contributed by atoms with Gasteiger partial charge in [0.1, 0.15) is 16.3 Å². The van der Waals surface area contributed by atoms with E-state index < -0.39 is 5.97 Å². The molecule has 0 atom stereocenters. The molecule has 0 spiro atoms. The van der Waals surface area contributed by atoms with Gasteiger partial charge in [-0.05, 0) is 30.7 Å². The van der Waals surface area contributed by atoms with E-state index in [2.05, 4.69) is 5.32 Å². The standard InChI is InChI=1S/C21H21NO4S/c1-3-4-12-26-21(24)18-16-10-5-6-11-17(16)27-20(18)22-19(23)14-8-7-9-15(13-14)25-2/h5-11,13H,3-4,12H2,1-2H3,(H,22,23). The normalized spacial score (nSPS) is 10.6. The van der Waals surface area contributed by atoms with E-state index in [0.717, 1.165) is 22.9 Å². The van der Waals surface area contributed by atoms with Crippen molar-refractivity contribution in [1.82, 2.24) is 0 Å². The minimum atomic E-state index is -0.415. The number of nitrogens with one attached hydrogen (secondary N) is 1. The SMILES string of the molecule is CCCCOC(=O)c1c(NC(=O)c2cccc(OC)c2)sc2ccccc12. The Morgan fingerprint density at radius 2 is 1.93 bits per heavy atom. The molecule has 0 bridgehead atoms. The zero-order valence-corrected chi connectivity index (χ0v) is 16.1. The number of methoxy groups -OCH3 is 1. The number of esters is 1. The molecule has 1 aromatic heterocycles. The van der Waals surface area contributed by atoms with Gasteiger partial charge in [0.2, 0.25) is 0 Å². The Morgan fingerprint density at radius 3 is 2.70 bits per heavy atom. The Bertz CT molecular complexity index is 964. The zero-order chi connectivity index (χ0) is 19.2. The highest BCUT2D eigenvalue weighted by atomic mass is 32.1. The van der Waals surface area contributed by atoms with Gasteiger partial charge in [0.15, 0.2) is 0 Å². The van der Waals surface area contributed by atoms with Crippen molar-refractivity contribution in [2.75, 3.05) is 19.0 Å². The first-order chi connectivity index (χ1) is 13.1. The second kappa shape index (κ2) is 8.68. The van der Waals surface area contributed by atoms with Crippen molar-refractivity contribution in [3.63, 3.8) is 0 Å². The number of rotatable bonds is 7. The predicted molar refractivity (Wildman–Crippen MR) is 108 cm³/mol. The lowest BCUT2D eigenvalue weighted by Gasteiger charge is -2.08. The summed E-state index contributed by atoms with van der Waals surface area (Å²) in [5.74, 6) is -0.122. The molecule has 3 rings (SSSR count). The Hall–Kier alpha value is -2.86. The lowest BCUT2D eigenvalue weighted by atomic mass is 10.1. The predicted octanol–water partition coefficient (Wildman–Crippen LogP) is 5.12. The van der Waals surface area contributed by atoms with Gasteiger partial charge in [-0.25, -0.2) is 4.79 Å². The van der Waals surface area contributed by atoms with Gasteiger partial charge in [-0.15, -0.1) is 11.3 Å². The van der Waals surface area contributed by atoms with E-state index in [9.17, 15) is 9.59 Å². The highest BCUT2D eigenvalue weighted by Crippen LogP contribution is 2.36. The molecule has 3 aromatic rings. The number of hydrogen-bond acceptors (Lipinski definition) is 5. The smallest absolute Gasteiger partial charge is 0.341 e. The number of carbonyl (C=O) groups is 2. The fourth-order valence-electron chi connectivity index (χ4n) is 2.66. The van der Waals surface area contributed by atoms with E-state index >= 15 is 0 Å². The molecule has 5 nitrogen and oxygen atoms in total. The Kier molecular flexibility index (Phi) is 6.08. The maximum Gasteiger partial charge on any atom is 0.341 e. The van der Waals surface area contributed by atoms with Crippen molar-refractivity contribution < 1.29 is 19.1 Å². The molecule has 1 heterocycles. The van der Waals surface area contributed by atoms with Crippen molar-refractivity contribution in [3.05, 3.63) is 59.7 Å². The average molecular weight is 383 g/mol.